The molecule has 0 spiro atoms. The highest BCUT2D eigenvalue weighted by Gasteiger charge is 2.47. The number of aliphatic hydroxyl groups excluding tert-OH is 2. The fourth-order valence-electron chi connectivity index (χ4n) is 4.11. The minimum Gasteiger partial charge on any atom is -0.465 e. The average molecular weight is 613 g/mol. The lowest BCUT2D eigenvalue weighted by Crippen LogP contribution is -2.59. The van der Waals surface area contributed by atoms with Gasteiger partial charge < -0.3 is 41.3 Å². The van der Waals surface area contributed by atoms with Crippen LogP contribution in [0.3, 0.4) is 0 Å². The van der Waals surface area contributed by atoms with Crippen molar-refractivity contribution in [1.82, 2.24) is 21.3 Å². The maximum Gasteiger partial charge on any atom is 0.417 e. The highest BCUT2D eigenvalue weighted by Crippen LogP contribution is 2.21. The van der Waals surface area contributed by atoms with Crippen LogP contribution in [0.2, 0.25) is 0 Å². The number of carbonyl (C=O) groups excluding carboxylic acids is 2. The molecule has 0 fully saturated rings. The van der Waals surface area contributed by atoms with Crippen molar-refractivity contribution in [2.45, 2.75) is 75.7 Å². The quantitative estimate of drug-likeness (QED) is 0.171. The van der Waals surface area contributed by atoms with Crippen LogP contribution in [0.15, 0.2) is 60.7 Å². The number of carboxylic acid groups (broad SMARTS) is 1. The monoisotopic (exact) mass is 612 g/mol. The molecule has 0 aliphatic carbocycles. The number of hydrogen-bond donors (Lipinski definition) is 7. The predicted molar refractivity (Wildman–Crippen MR) is 151 cm³/mol. The number of alkyl halides is 3. The highest BCUT2D eigenvalue weighted by atomic mass is 19.4. The molecule has 43 heavy (non-hydrogen) atoms. The van der Waals surface area contributed by atoms with Crippen LogP contribution in [0.1, 0.15) is 31.9 Å². The zero-order valence-corrected chi connectivity index (χ0v) is 24.1. The summed E-state index contributed by atoms with van der Waals surface area (Å²) in [7, 11) is 0. The first-order valence-corrected chi connectivity index (χ1v) is 13.6. The fourth-order valence-corrected chi connectivity index (χ4v) is 4.11. The molecule has 0 heterocycles. The van der Waals surface area contributed by atoms with E-state index in [9.17, 15) is 37.8 Å². The van der Waals surface area contributed by atoms with Crippen molar-refractivity contribution in [3.8, 4) is 0 Å². The number of rotatable bonds is 14. The van der Waals surface area contributed by atoms with E-state index in [1.807, 2.05) is 18.2 Å². The van der Waals surface area contributed by atoms with E-state index < -0.39 is 60.2 Å². The Morgan fingerprint density at radius 1 is 0.767 bits per heavy atom. The largest absolute Gasteiger partial charge is 0.465 e. The van der Waals surface area contributed by atoms with Gasteiger partial charge in [-0.3, -0.25) is 4.79 Å². The third-order valence-corrected chi connectivity index (χ3v) is 6.12. The Morgan fingerprint density at radius 2 is 1.21 bits per heavy atom. The average Bonchev–Trinajstić information content (AvgIpc) is 2.90. The Morgan fingerprint density at radius 3 is 1.60 bits per heavy atom. The first kappa shape index (κ1) is 35.3. The number of alkyl carbamates (subject to hydrolysis) is 1. The lowest BCUT2D eigenvalue weighted by atomic mass is 9.99. The highest BCUT2D eigenvalue weighted by molar-refractivity contribution is 5.86. The van der Waals surface area contributed by atoms with Gasteiger partial charge in [-0.05, 0) is 44.7 Å². The number of benzene rings is 2. The van der Waals surface area contributed by atoms with Crippen LogP contribution in [0, 0.1) is 0 Å². The smallest absolute Gasteiger partial charge is 0.417 e. The number of ether oxygens (including phenoxy) is 1. The second-order valence-electron chi connectivity index (χ2n) is 11.0. The summed E-state index contributed by atoms with van der Waals surface area (Å²) in [6.07, 6.45) is -10.5. The van der Waals surface area contributed by atoms with Crippen LogP contribution in [0.5, 0.6) is 0 Å². The zero-order valence-electron chi connectivity index (χ0n) is 24.1. The summed E-state index contributed by atoms with van der Waals surface area (Å²) in [6, 6.07) is 12.3. The Balaban J connectivity index is 2.12. The third-order valence-electron chi connectivity index (χ3n) is 6.12. The molecule has 0 aromatic heterocycles. The molecule has 11 nitrogen and oxygen atoms in total. The summed E-state index contributed by atoms with van der Waals surface area (Å²) >= 11 is 0. The minimum absolute atomic E-state index is 0.0769. The van der Waals surface area contributed by atoms with E-state index in [1.165, 1.54) is 0 Å². The molecular formula is C29H39F3N4O7. The van der Waals surface area contributed by atoms with Crippen LogP contribution in [-0.2, 0) is 22.4 Å². The minimum atomic E-state index is -5.22. The summed E-state index contributed by atoms with van der Waals surface area (Å²) in [5, 5.41) is 39.3. The molecule has 0 radical (unpaired) electrons. The van der Waals surface area contributed by atoms with Gasteiger partial charge in [-0.2, -0.15) is 13.2 Å². The van der Waals surface area contributed by atoms with Gasteiger partial charge in [0.2, 0.25) is 6.04 Å². The van der Waals surface area contributed by atoms with Gasteiger partial charge >= 0.3 is 18.4 Å². The van der Waals surface area contributed by atoms with Crippen molar-refractivity contribution >= 4 is 18.1 Å². The Hall–Kier alpha value is -3.88. The first-order chi connectivity index (χ1) is 20.0. The van der Waals surface area contributed by atoms with Gasteiger partial charge in [-0.1, -0.05) is 60.7 Å². The SMILES string of the molecule is CC(C)(C)OC(=O)N[C@H](Cc1ccccc1)C(O)CNC[C@H](O)C(Cc1ccccc1)NC(=O)[C@H](NC(=O)O)C(F)(F)F. The van der Waals surface area contributed by atoms with Crippen LogP contribution in [-0.4, -0.2) is 88.6 Å². The summed E-state index contributed by atoms with van der Waals surface area (Å²) < 4.78 is 45.5. The van der Waals surface area contributed by atoms with E-state index in [-0.39, 0.29) is 25.9 Å². The number of aliphatic hydroxyl groups is 2. The van der Waals surface area contributed by atoms with Crippen molar-refractivity contribution in [3.63, 3.8) is 0 Å². The van der Waals surface area contributed by atoms with Gasteiger partial charge in [0, 0.05) is 13.1 Å². The fraction of sp³-hybridized carbons (Fsp3) is 0.483. The molecule has 2 unspecified atom stereocenters. The van der Waals surface area contributed by atoms with Crippen molar-refractivity contribution in [3.05, 3.63) is 71.8 Å². The molecule has 0 bridgehead atoms. The van der Waals surface area contributed by atoms with Crippen molar-refractivity contribution in [2.24, 2.45) is 0 Å². The summed E-state index contributed by atoms with van der Waals surface area (Å²) in [4.78, 5) is 35.8. The molecule has 0 saturated heterocycles. The van der Waals surface area contributed by atoms with Gasteiger partial charge in [0.25, 0.3) is 5.91 Å². The Bertz CT molecular complexity index is 1160. The van der Waals surface area contributed by atoms with E-state index >= 15 is 0 Å². The van der Waals surface area contributed by atoms with Crippen molar-refractivity contribution < 1.29 is 47.6 Å². The molecule has 0 saturated carbocycles. The van der Waals surface area contributed by atoms with Gasteiger partial charge in [-0.25, -0.2) is 9.59 Å². The molecule has 5 atom stereocenters. The molecule has 2 aromatic rings. The number of halogens is 3. The molecule has 238 valence electrons. The topological polar surface area (TPSA) is 169 Å². The normalized spacial score (nSPS) is 15.3. The zero-order chi connectivity index (χ0) is 32.2. The van der Waals surface area contributed by atoms with E-state index in [1.54, 1.807) is 63.2 Å². The number of carbonyl (C=O) groups is 3. The van der Waals surface area contributed by atoms with Gasteiger partial charge in [0.1, 0.15) is 5.60 Å². The van der Waals surface area contributed by atoms with E-state index in [0.29, 0.717) is 5.56 Å². The van der Waals surface area contributed by atoms with Crippen molar-refractivity contribution in [2.75, 3.05) is 13.1 Å². The Labute approximate surface area is 247 Å². The molecule has 0 aliphatic heterocycles. The summed E-state index contributed by atoms with van der Waals surface area (Å²) in [5.41, 5.74) is 0.631. The molecule has 2 aromatic carbocycles. The van der Waals surface area contributed by atoms with Crippen LogP contribution >= 0.6 is 0 Å². The van der Waals surface area contributed by atoms with Gasteiger partial charge in [0.15, 0.2) is 0 Å². The van der Waals surface area contributed by atoms with E-state index in [2.05, 4.69) is 16.0 Å². The van der Waals surface area contributed by atoms with E-state index in [0.717, 1.165) is 10.9 Å². The molecule has 14 heteroatoms. The molecule has 3 amide bonds. The van der Waals surface area contributed by atoms with E-state index in [4.69, 9.17) is 9.84 Å². The number of hydrogen-bond acceptors (Lipinski definition) is 7. The lowest BCUT2D eigenvalue weighted by molar-refractivity contribution is -0.168. The second kappa shape index (κ2) is 16.1. The number of nitrogens with one attached hydrogen (secondary N) is 4. The van der Waals surface area contributed by atoms with Crippen LogP contribution in [0.25, 0.3) is 0 Å². The predicted octanol–water partition coefficient (Wildman–Crippen LogP) is 2.36. The summed E-state index contributed by atoms with van der Waals surface area (Å²) in [5.74, 6) is -1.68. The Kier molecular flexibility index (Phi) is 13.2. The lowest BCUT2D eigenvalue weighted by Gasteiger charge is -2.29. The molecule has 0 aliphatic rings. The maximum atomic E-state index is 13.4. The second-order valence-corrected chi connectivity index (χ2v) is 11.0. The van der Waals surface area contributed by atoms with Crippen LogP contribution in [0.4, 0.5) is 22.8 Å². The summed E-state index contributed by atoms with van der Waals surface area (Å²) in [6.45, 7) is 4.65. The van der Waals surface area contributed by atoms with Gasteiger partial charge in [-0.15, -0.1) is 0 Å². The third kappa shape index (κ3) is 13.3. The van der Waals surface area contributed by atoms with Crippen LogP contribution < -0.4 is 21.3 Å². The standard InChI is InChI=1S/C29H39F3N4O7/c1-28(2,3)43-27(42)35-21(15-19-12-8-5-9-13-19)23(38)17-33-16-22(37)20(14-18-10-6-4-7-11-18)34-25(39)24(29(30,31)32)36-26(40)41/h4-13,20-24,33,36-38H,14-17H2,1-3H3,(H,34,39)(H,35,42)(H,40,41)/t20?,21-,22+,23?,24+/m1/s1. The molecule has 2 rings (SSSR count). The maximum absolute atomic E-state index is 13.4. The van der Waals surface area contributed by atoms with Gasteiger partial charge in [0.05, 0.1) is 24.3 Å². The van der Waals surface area contributed by atoms with Crippen molar-refractivity contribution in [1.29, 1.82) is 0 Å². The molecular weight excluding hydrogens is 573 g/mol. The molecule has 7 N–H and O–H groups in total. The first-order valence-electron chi connectivity index (χ1n) is 13.6. The number of amides is 3.